The maximum absolute atomic E-state index is 12.6. The summed E-state index contributed by atoms with van der Waals surface area (Å²) in [5.41, 5.74) is 3.96. The second-order valence-corrected chi connectivity index (χ2v) is 8.79. The van der Waals surface area contributed by atoms with E-state index < -0.39 is 5.97 Å². The number of fused-ring (bicyclic) bond motifs is 1. The summed E-state index contributed by atoms with van der Waals surface area (Å²) in [7, 11) is 0. The molecule has 148 valence electrons. The van der Waals surface area contributed by atoms with Crippen molar-refractivity contribution in [2.75, 3.05) is 6.54 Å². The topological polar surface area (TPSA) is 91.3 Å². The fourth-order valence-electron chi connectivity index (χ4n) is 4.04. The Morgan fingerprint density at radius 2 is 2.04 bits per heavy atom. The van der Waals surface area contributed by atoms with Crippen LogP contribution < -0.4 is 10.6 Å². The molecule has 7 heteroatoms. The van der Waals surface area contributed by atoms with Crippen LogP contribution in [0.2, 0.25) is 0 Å². The van der Waals surface area contributed by atoms with E-state index in [-0.39, 0.29) is 17.9 Å². The zero-order chi connectivity index (χ0) is 19.7. The van der Waals surface area contributed by atoms with Gasteiger partial charge < -0.3 is 15.7 Å². The summed E-state index contributed by atoms with van der Waals surface area (Å²) in [5, 5.41) is 16.6. The number of carboxylic acid groups (broad SMARTS) is 1. The molecule has 1 saturated carbocycles. The number of aromatic nitrogens is 1. The van der Waals surface area contributed by atoms with Crippen LogP contribution in [0.1, 0.15) is 52.2 Å². The number of hydrogen-bond donors (Lipinski definition) is 3. The number of nitrogens with one attached hydrogen (secondary N) is 2. The number of benzene rings is 1. The highest BCUT2D eigenvalue weighted by Gasteiger charge is 2.27. The van der Waals surface area contributed by atoms with Crippen molar-refractivity contribution in [2.24, 2.45) is 5.92 Å². The minimum Gasteiger partial charge on any atom is -0.481 e. The van der Waals surface area contributed by atoms with Crippen LogP contribution in [0.5, 0.6) is 0 Å². The Balaban J connectivity index is 1.43. The van der Waals surface area contributed by atoms with E-state index in [4.69, 9.17) is 10.1 Å². The molecule has 0 saturated heterocycles. The Labute approximate surface area is 168 Å². The third-order valence-electron chi connectivity index (χ3n) is 5.73. The molecule has 2 aliphatic rings. The number of rotatable bonds is 4. The van der Waals surface area contributed by atoms with Crippen molar-refractivity contribution in [1.82, 2.24) is 15.6 Å². The number of carboxylic acids is 1. The predicted octanol–water partition coefficient (Wildman–Crippen LogP) is 3.14. The van der Waals surface area contributed by atoms with Gasteiger partial charge in [-0.1, -0.05) is 6.07 Å². The molecular formula is C21H25N3O3S. The first-order valence-corrected chi connectivity index (χ1v) is 10.7. The summed E-state index contributed by atoms with van der Waals surface area (Å²) in [6.07, 6.45) is 3.66. The van der Waals surface area contributed by atoms with Gasteiger partial charge in [-0.05, 0) is 50.3 Å². The highest BCUT2D eigenvalue weighted by Crippen LogP contribution is 2.32. The minimum atomic E-state index is -0.726. The molecule has 2 heterocycles. The van der Waals surface area contributed by atoms with Crippen LogP contribution in [0.15, 0.2) is 18.2 Å². The summed E-state index contributed by atoms with van der Waals surface area (Å²) >= 11 is 1.73. The van der Waals surface area contributed by atoms with Crippen molar-refractivity contribution in [3.63, 3.8) is 0 Å². The standard InChI is InChI=1S/C21H25N3O3S/c1-12-10-14(19(25)23-15-5-2-13(3-6-15)21(26)27)4-7-16(12)20-24-17-8-9-22-11-18(17)28-20/h4,7,10,13,15,22H,2-3,5-6,8-9,11H2,1H3,(H,23,25)(H,26,27). The third kappa shape index (κ3) is 3.95. The van der Waals surface area contributed by atoms with Crippen molar-refractivity contribution in [3.05, 3.63) is 39.9 Å². The third-order valence-corrected chi connectivity index (χ3v) is 6.86. The Morgan fingerprint density at radius 1 is 1.25 bits per heavy atom. The molecule has 1 aromatic heterocycles. The van der Waals surface area contributed by atoms with Crippen LogP contribution in [0.3, 0.4) is 0 Å². The van der Waals surface area contributed by atoms with E-state index >= 15 is 0 Å². The molecule has 0 radical (unpaired) electrons. The van der Waals surface area contributed by atoms with E-state index in [1.165, 1.54) is 10.6 Å². The Kier molecular flexibility index (Phi) is 5.46. The minimum absolute atomic E-state index is 0.0567. The zero-order valence-electron chi connectivity index (χ0n) is 16.0. The molecule has 6 nitrogen and oxygen atoms in total. The maximum Gasteiger partial charge on any atom is 0.306 e. The van der Waals surface area contributed by atoms with Crippen LogP contribution in [0.25, 0.3) is 10.6 Å². The highest BCUT2D eigenvalue weighted by molar-refractivity contribution is 7.15. The first-order valence-electron chi connectivity index (χ1n) is 9.85. The van der Waals surface area contributed by atoms with Gasteiger partial charge in [0.15, 0.2) is 0 Å². The molecule has 2 aromatic rings. The van der Waals surface area contributed by atoms with Crippen LogP contribution in [0, 0.1) is 12.8 Å². The van der Waals surface area contributed by atoms with E-state index in [0.29, 0.717) is 18.4 Å². The van der Waals surface area contributed by atoms with Gasteiger partial charge >= 0.3 is 5.97 Å². The Hall–Kier alpha value is -2.25. The van der Waals surface area contributed by atoms with Gasteiger partial charge in [0.05, 0.1) is 11.6 Å². The first kappa shape index (κ1) is 19.1. The Morgan fingerprint density at radius 3 is 2.71 bits per heavy atom. The number of hydrogen-bond acceptors (Lipinski definition) is 5. The van der Waals surface area contributed by atoms with Crippen LogP contribution >= 0.6 is 11.3 Å². The highest BCUT2D eigenvalue weighted by atomic mass is 32.1. The van der Waals surface area contributed by atoms with Crippen molar-refractivity contribution < 1.29 is 14.7 Å². The van der Waals surface area contributed by atoms with Crippen molar-refractivity contribution in [2.45, 2.75) is 51.6 Å². The second kappa shape index (κ2) is 8.01. The monoisotopic (exact) mass is 399 g/mol. The number of aliphatic carboxylic acids is 1. The SMILES string of the molecule is Cc1cc(C(=O)NC2CCC(C(=O)O)CC2)ccc1-c1nc2c(s1)CNCC2. The summed E-state index contributed by atoms with van der Waals surface area (Å²) in [5.74, 6) is -1.08. The van der Waals surface area contributed by atoms with Crippen LogP contribution in [0.4, 0.5) is 0 Å². The molecule has 3 N–H and O–H groups in total. The van der Waals surface area contributed by atoms with E-state index in [1.807, 2.05) is 25.1 Å². The lowest BCUT2D eigenvalue weighted by Crippen LogP contribution is -2.38. The van der Waals surface area contributed by atoms with Gasteiger partial charge in [0, 0.05) is 41.6 Å². The average Bonchev–Trinajstić information content (AvgIpc) is 3.12. The fraction of sp³-hybridized carbons (Fsp3) is 0.476. The zero-order valence-corrected chi connectivity index (χ0v) is 16.8. The predicted molar refractivity (Wildman–Crippen MR) is 109 cm³/mol. The normalized spacial score (nSPS) is 21.8. The first-order chi connectivity index (χ1) is 13.5. The van der Waals surface area contributed by atoms with Gasteiger partial charge in [-0.15, -0.1) is 11.3 Å². The summed E-state index contributed by atoms with van der Waals surface area (Å²) < 4.78 is 0. The Bertz CT molecular complexity index is 877. The average molecular weight is 400 g/mol. The number of nitrogens with zero attached hydrogens (tertiary/aromatic N) is 1. The van der Waals surface area contributed by atoms with E-state index in [0.717, 1.165) is 48.5 Å². The number of amides is 1. The van der Waals surface area contributed by atoms with E-state index in [1.54, 1.807) is 11.3 Å². The maximum atomic E-state index is 12.6. The molecule has 28 heavy (non-hydrogen) atoms. The van der Waals surface area contributed by atoms with Crippen LogP contribution in [-0.2, 0) is 17.8 Å². The number of carbonyl (C=O) groups excluding carboxylic acids is 1. The van der Waals surface area contributed by atoms with E-state index in [2.05, 4.69) is 10.6 Å². The largest absolute Gasteiger partial charge is 0.481 e. The van der Waals surface area contributed by atoms with Gasteiger partial charge in [0.2, 0.25) is 0 Å². The lowest BCUT2D eigenvalue weighted by molar-refractivity contribution is -0.142. The molecule has 1 aliphatic carbocycles. The molecule has 0 bridgehead atoms. The number of thiazole rings is 1. The van der Waals surface area contributed by atoms with Gasteiger partial charge in [0.25, 0.3) is 5.91 Å². The molecule has 1 fully saturated rings. The lowest BCUT2D eigenvalue weighted by Gasteiger charge is -2.26. The smallest absolute Gasteiger partial charge is 0.306 e. The molecule has 0 spiro atoms. The van der Waals surface area contributed by atoms with Crippen molar-refractivity contribution in [3.8, 4) is 10.6 Å². The number of carbonyl (C=O) groups is 2. The second-order valence-electron chi connectivity index (χ2n) is 7.71. The fourth-order valence-corrected chi connectivity index (χ4v) is 5.21. The van der Waals surface area contributed by atoms with E-state index in [9.17, 15) is 9.59 Å². The molecule has 4 rings (SSSR count). The summed E-state index contributed by atoms with van der Waals surface area (Å²) in [4.78, 5) is 29.8. The van der Waals surface area contributed by atoms with Gasteiger partial charge in [0.1, 0.15) is 5.01 Å². The van der Waals surface area contributed by atoms with Crippen molar-refractivity contribution in [1.29, 1.82) is 0 Å². The quantitative estimate of drug-likeness (QED) is 0.735. The molecule has 0 unspecified atom stereocenters. The summed E-state index contributed by atoms with van der Waals surface area (Å²) in [6.45, 7) is 3.88. The van der Waals surface area contributed by atoms with Crippen LogP contribution in [-0.4, -0.2) is 34.6 Å². The number of aryl methyl sites for hydroxylation is 1. The van der Waals surface area contributed by atoms with Gasteiger partial charge in [-0.2, -0.15) is 0 Å². The molecule has 1 amide bonds. The molecule has 1 aromatic carbocycles. The van der Waals surface area contributed by atoms with Gasteiger partial charge in [-0.3, -0.25) is 9.59 Å². The van der Waals surface area contributed by atoms with Gasteiger partial charge in [-0.25, -0.2) is 4.98 Å². The molecular weight excluding hydrogens is 374 g/mol. The van der Waals surface area contributed by atoms with Crippen molar-refractivity contribution >= 4 is 23.2 Å². The molecule has 1 aliphatic heterocycles. The summed E-state index contributed by atoms with van der Waals surface area (Å²) in [6, 6.07) is 5.83. The lowest BCUT2D eigenvalue weighted by atomic mass is 9.86. The molecule has 0 atom stereocenters.